The lowest BCUT2D eigenvalue weighted by Gasteiger charge is -2.55. The van der Waals surface area contributed by atoms with Gasteiger partial charge in [-0.1, -0.05) is 28.9 Å². The smallest absolute Gasteiger partial charge is 0.433 e. The van der Waals surface area contributed by atoms with E-state index in [1.807, 2.05) is 0 Å². The van der Waals surface area contributed by atoms with Crippen LogP contribution in [-0.2, 0) is 17.5 Å². The van der Waals surface area contributed by atoms with Crippen molar-refractivity contribution in [1.29, 1.82) is 0 Å². The molecule has 0 saturated carbocycles. The van der Waals surface area contributed by atoms with E-state index in [0.29, 0.717) is 23.3 Å². The molecule has 0 amide bonds. The highest BCUT2D eigenvalue weighted by atomic mass is 35.5. The molecule has 14 heteroatoms. The molecule has 228 valence electrons. The van der Waals surface area contributed by atoms with Crippen molar-refractivity contribution in [2.75, 3.05) is 39.5 Å². The summed E-state index contributed by atoms with van der Waals surface area (Å²) < 4.78 is 61.0. The fourth-order valence-electron chi connectivity index (χ4n) is 5.42. The first-order valence-electron chi connectivity index (χ1n) is 13.8. The molecule has 2 saturated heterocycles. The Morgan fingerprint density at radius 2 is 1.81 bits per heavy atom. The van der Waals surface area contributed by atoms with E-state index >= 15 is 0 Å². The number of aliphatic hydroxyl groups is 1. The van der Waals surface area contributed by atoms with Crippen molar-refractivity contribution in [3.05, 3.63) is 53.6 Å². The molecule has 0 atom stereocenters. The number of aryl methyl sites for hydroxylation is 1. The van der Waals surface area contributed by atoms with Crippen molar-refractivity contribution in [1.82, 2.24) is 29.8 Å². The van der Waals surface area contributed by atoms with Gasteiger partial charge in [0.15, 0.2) is 17.3 Å². The minimum Gasteiger partial charge on any atom is -0.491 e. The Morgan fingerprint density at radius 1 is 1.07 bits per heavy atom. The van der Waals surface area contributed by atoms with Crippen molar-refractivity contribution < 1.29 is 32.3 Å². The monoisotopic (exact) mass is 618 g/mol. The summed E-state index contributed by atoms with van der Waals surface area (Å²) in [5.41, 5.74) is -1.60. The summed E-state index contributed by atoms with van der Waals surface area (Å²) in [6.45, 7) is 7.54. The summed E-state index contributed by atoms with van der Waals surface area (Å²) in [4.78, 5) is 10.8. The molecular weight excluding hydrogens is 589 g/mol. The molecule has 0 bridgehead atoms. The zero-order chi connectivity index (χ0) is 30.4. The SMILES string of the molecule is CC(C)(O)CCn1ncc(-c2onc(-c3cccc(OCCN4CC5(COC5)C4)c3Cl)c2-c2ncccn2)c1C(F)(F)F. The number of ether oxygens (including phenoxy) is 2. The van der Waals surface area contributed by atoms with E-state index in [2.05, 4.69) is 25.1 Å². The first kappa shape index (κ1) is 29.5. The van der Waals surface area contributed by atoms with Crippen LogP contribution in [0.4, 0.5) is 13.2 Å². The number of rotatable bonds is 10. The molecule has 0 unspecified atom stereocenters. The quantitative estimate of drug-likeness (QED) is 0.256. The molecule has 2 aliphatic rings. The van der Waals surface area contributed by atoms with Gasteiger partial charge in [0, 0.05) is 49.6 Å². The van der Waals surface area contributed by atoms with Crippen molar-refractivity contribution >= 4 is 11.6 Å². The molecular formula is C29H30ClF3N6O4. The van der Waals surface area contributed by atoms with Crippen LogP contribution in [0.15, 0.2) is 47.4 Å². The highest BCUT2D eigenvalue weighted by Gasteiger charge is 2.48. The molecule has 0 aliphatic carbocycles. The molecule has 6 rings (SSSR count). The summed E-state index contributed by atoms with van der Waals surface area (Å²) in [6, 6.07) is 6.71. The van der Waals surface area contributed by atoms with E-state index in [9.17, 15) is 18.3 Å². The van der Waals surface area contributed by atoms with Gasteiger partial charge in [-0.25, -0.2) is 9.97 Å². The zero-order valence-electron chi connectivity index (χ0n) is 23.6. The molecule has 10 nitrogen and oxygen atoms in total. The van der Waals surface area contributed by atoms with Gasteiger partial charge in [0.05, 0.1) is 41.2 Å². The molecule has 5 heterocycles. The fraction of sp³-hybridized carbons (Fsp3) is 0.448. The topological polar surface area (TPSA) is 112 Å². The minimum absolute atomic E-state index is 0.0446. The number of likely N-dealkylation sites (tertiary alicyclic amines) is 1. The molecule has 1 N–H and O–H groups in total. The second-order valence-electron chi connectivity index (χ2n) is 11.7. The first-order valence-corrected chi connectivity index (χ1v) is 14.2. The number of benzene rings is 1. The summed E-state index contributed by atoms with van der Waals surface area (Å²) in [7, 11) is 0. The van der Waals surface area contributed by atoms with Crippen LogP contribution in [0, 0.1) is 5.41 Å². The minimum atomic E-state index is -4.79. The average molecular weight is 619 g/mol. The normalized spacial score (nSPS) is 16.7. The fourth-order valence-corrected chi connectivity index (χ4v) is 5.69. The molecule has 2 fully saturated rings. The van der Waals surface area contributed by atoms with Crippen molar-refractivity contribution in [2.24, 2.45) is 5.41 Å². The Hall–Kier alpha value is -3.52. The first-order chi connectivity index (χ1) is 20.4. The third-order valence-corrected chi connectivity index (χ3v) is 7.98. The predicted octanol–water partition coefficient (Wildman–Crippen LogP) is 5.21. The van der Waals surface area contributed by atoms with Crippen molar-refractivity contribution in [3.63, 3.8) is 0 Å². The van der Waals surface area contributed by atoms with E-state index in [0.717, 1.165) is 43.7 Å². The third-order valence-electron chi connectivity index (χ3n) is 7.59. The Morgan fingerprint density at radius 3 is 2.47 bits per heavy atom. The lowest BCUT2D eigenvalue weighted by atomic mass is 9.78. The number of alkyl halides is 3. The number of hydrogen-bond donors (Lipinski definition) is 1. The second kappa shape index (κ2) is 11.2. The largest absolute Gasteiger partial charge is 0.491 e. The van der Waals surface area contributed by atoms with Crippen LogP contribution in [0.2, 0.25) is 5.02 Å². The van der Waals surface area contributed by atoms with Gasteiger partial charge in [0.2, 0.25) is 0 Å². The molecule has 1 spiro atoms. The maximum absolute atomic E-state index is 14.4. The van der Waals surface area contributed by atoms with Gasteiger partial charge in [-0.3, -0.25) is 9.58 Å². The maximum Gasteiger partial charge on any atom is 0.433 e. The second-order valence-corrected chi connectivity index (χ2v) is 12.0. The van der Waals surface area contributed by atoms with Gasteiger partial charge in [-0.05, 0) is 32.4 Å². The van der Waals surface area contributed by atoms with Gasteiger partial charge < -0.3 is 19.1 Å². The molecule has 0 radical (unpaired) electrons. The van der Waals surface area contributed by atoms with Crippen LogP contribution in [-0.4, -0.2) is 80.0 Å². The van der Waals surface area contributed by atoms with Gasteiger partial charge in [0.1, 0.15) is 18.1 Å². The van der Waals surface area contributed by atoms with E-state index in [1.54, 1.807) is 24.3 Å². The van der Waals surface area contributed by atoms with Crippen molar-refractivity contribution in [2.45, 2.75) is 38.6 Å². The highest BCUT2D eigenvalue weighted by molar-refractivity contribution is 6.35. The Bertz CT molecular complexity index is 1590. The van der Waals surface area contributed by atoms with Crippen LogP contribution in [0.5, 0.6) is 5.75 Å². The Kier molecular flexibility index (Phi) is 7.69. The third kappa shape index (κ3) is 5.99. The summed E-state index contributed by atoms with van der Waals surface area (Å²) in [5, 5.41) is 18.5. The maximum atomic E-state index is 14.4. The van der Waals surface area contributed by atoms with Gasteiger partial charge in [-0.2, -0.15) is 18.3 Å². The van der Waals surface area contributed by atoms with Crippen LogP contribution in [0.25, 0.3) is 34.0 Å². The number of halogens is 4. The molecule has 43 heavy (non-hydrogen) atoms. The summed E-state index contributed by atoms with van der Waals surface area (Å²) in [5.74, 6) is 0.290. The average Bonchev–Trinajstić information content (AvgIpc) is 3.53. The number of hydrogen-bond acceptors (Lipinski definition) is 9. The van der Waals surface area contributed by atoms with Crippen molar-refractivity contribution in [3.8, 4) is 39.7 Å². The molecule has 4 aromatic rings. The molecule has 2 aliphatic heterocycles. The van der Waals surface area contributed by atoms with E-state index in [-0.39, 0.29) is 46.4 Å². The van der Waals surface area contributed by atoms with Gasteiger partial charge in [0.25, 0.3) is 0 Å². The highest BCUT2D eigenvalue weighted by Crippen LogP contribution is 2.46. The Labute approximate surface area is 250 Å². The zero-order valence-corrected chi connectivity index (χ0v) is 24.3. The molecule has 1 aromatic carbocycles. The van der Waals surface area contributed by atoms with Gasteiger partial charge >= 0.3 is 6.18 Å². The Balaban J connectivity index is 1.34. The van der Waals surface area contributed by atoms with E-state index in [1.165, 1.54) is 26.2 Å². The van der Waals surface area contributed by atoms with Gasteiger partial charge in [-0.15, -0.1) is 0 Å². The van der Waals surface area contributed by atoms with Crippen LogP contribution in [0.1, 0.15) is 26.0 Å². The summed E-state index contributed by atoms with van der Waals surface area (Å²) in [6.07, 6.45) is -0.738. The molecule has 3 aromatic heterocycles. The number of aromatic nitrogens is 5. The lowest BCUT2D eigenvalue weighted by molar-refractivity contribution is -0.189. The van der Waals surface area contributed by atoms with E-state index in [4.69, 9.17) is 25.6 Å². The standard InChI is InChI=1S/C29H30ClF3N6O4/c1-27(2,40)7-10-39-25(29(31,32)33)19(13-36-39)24-21(26-34-8-4-9-35-26)23(37-43-24)18-5-3-6-20(22(18)30)42-12-11-38-14-28(15-38)16-41-17-28/h3-6,8-9,13,40H,7,10-12,14-17H2,1-2H3. The van der Waals surface area contributed by atoms with Crippen LogP contribution < -0.4 is 4.74 Å². The summed E-state index contributed by atoms with van der Waals surface area (Å²) >= 11 is 6.79. The lowest BCUT2D eigenvalue weighted by Crippen LogP contribution is -2.66. The number of nitrogens with zero attached hydrogens (tertiary/aromatic N) is 6. The van der Waals surface area contributed by atoms with Crippen LogP contribution >= 0.6 is 11.6 Å². The van der Waals surface area contributed by atoms with E-state index < -0.39 is 17.5 Å². The predicted molar refractivity (Wildman–Crippen MR) is 150 cm³/mol. The van der Waals surface area contributed by atoms with Crippen LogP contribution in [0.3, 0.4) is 0 Å².